The number of nitrogens with one attached hydrogen (secondary N) is 1. The Bertz CT molecular complexity index is 1330. The zero-order valence-electron chi connectivity index (χ0n) is 21.9. The number of carbonyl (C=O) groups is 3. The van der Waals surface area contributed by atoms with Gasteiger partial charge in [-0.15, -0.1) is 0 Å². The molecule has 5 rings (SSSR count). The average molecular weight is 529 g/mol. The number of fused-ring (bicyclic) bond motifs is 5. The molecule has 9 nitrogen and oxygen atoms in total. The first-order valence-electron chi connectivity index (χ1n) is 13.1. The van der Waals surface area contributed by atoms with Gasteiger partial charge in [0, 0.05) is 44.5 Å². The Morgan fingerprint density at radius 3 is 2.46 bits per heavy atom. The molecule has 2 aliphatic heterocycles. The lowest BCUT2D eigenvalue weighted by atomic mass is 10.0. The second kappa shape index (κ2) is 12.1. The van der Waals surface area contributed by atoms with E-state index in [4.69, 9.17) is 9.47 Å². The molecule has 3 amide bonds. The molecule has 2 aliphatic rings. The van der Waals surface area contributed by atoms with Crippen molar-refractivity contribution >= 4 is 17.7 Å². The minimum atomic E-state index is -0.432. The summed E-state index contributed by atoms with van der Waals surface area (Å²) in [5, 5.41) is 3.03. The number of hydrogen-bond donors (Lipinski definition) is 1. The van der Waals surface area contributed by atoms with Crippen molar-refractivity contribution in [1.29, 1.82) is 0 Å². The van der Waals surface area contributed by atoms with Crippen molar-refractivity contribution in [1.82, 2.24) is 20.1 Å². The fraction of sp³-hybridized carbons (Fsp3) is 0.333. The van der Waals surface area contributed by atoms with E-state index >= 15 is 0 Å². The molecule has 3 aromatic rings. The minimum absolute atomic E-state index is 0.0778. The Morgan fingerprint density at radius 2 is 1.69 bits per heavy atom. The second-order valence-corrected chi connectivity index (χ2v) is 9.95. The van der Waals surface area contributed by atoms with Gasteiger partial charge in [0.1, 0.15) is 11.5 Å². The summed E-state index contributed by atoms with van der Waals surface area (Å²) in [5.74, 6) is 0.841. The van der Waals surface area contributed by atoms with E-state index in [1.54, 1.807) is 36.5 Å². The molecule has 39 heavy (non-hydrogen) atoms. The molecule has 1 aromatic heterocycles. The number of likely N-dealkylation sites (tertiary alicyclic amines) is 1. The third kappa shape index (κ3) is 6.80. The fourth-order valence-electron chi connectivity index (χ4n) is 4.93. The number of aromatic nitrogens is 1. The number of ether oxygens (including phenoxy) is 2. The van der Waals surface area contributed by atoms with E-state index < -0.39 is 6.04 Å². The highest BCUT2D eigenvalue weighted by Gasteiger charge is 2.34. The predicted molar refractivity (Wildman–Crippen MR) is 144 cm³/mol. The first kappa shape index (κ1) is 26.4. The smallest absolute Gasteiger partial charge is 0.254 e. The lowest BCUT2D eigenvalue weighted by Crippen LogP contribution is -2.58. The number of pyridine rings is 1. The summed E-state index contributed by atoms with van der Waals surface area (Å²) >= 11 is 0. The third-order valence-corrected chi connectivity index (χ3v) is 7.04. The topological polar surface area (TPSA) is 101 Å². The van der Waals surface area contributed by atoms with Crippen LogP contribution in [0.25, 0.3) is 0 Å². The molecular formula is C30H32N4O5. The number of nitrogens with zero attached hydrogens (tertiary/aromatic N) is 3. The van der Waals surface area contributed by atoms with E-state index in [0.717, 1.165) is 11.1 Å². The first-order valence-corrected chi connectivity index (χ1v) is 13.1. The van der Waals surface area contributed by atoms with E-state index in [1.807, 2.05) is 48.5 Å². The highest BCUT2D eigenvalue weighted by molar-refractivity contribution is 5.94. The SMILES string of the molecule is CN1CC(=O)N[C@@H]2CN(C(=O)c3ccncc3)CC[C@@H]2OCc2cccc(c2)Oc2cccc(c2)CCC1=O. The molecule has 0 saturated carbocycles. The van der Waals surface area contributed by atoms with Crippen LogP contribution in [0.4, 0.5) is 0 Å². The van der Waals surface area contributed by atoms with Gasteiger partial charge in [0.2, 0.25) is 11.8 Å². The molecule has 0 spiro atoms. The number of hydrogen-bond acceptors (Lipinski definition) is 6. The number of piperidine rings is 1. The highest BCUT2D eigenvalue weighted by atomic mass is 16.5. The summed E-state index contributed by atoms with van der Waals surface area (Å²) in [6.45, 7) is 1.04. The van der Waals surface area contributed by atoms with Crippen LogP contribution in [0.1, 0.15) is 34.3 Å². The van der Waals surface area contributed by atoms with E-state index in [2.05, 4.69) is 10.3 Å². The summed E-state index contributed by atoms with van der Waals surface area (Å²) in [5.41, 5.74) is 2.46. The molecular weight excluding hydrogens is 496 g/mol. The summed E-state index contributed by atoms with van der Waals surface area (Å²) in [6.07, 6.45) is 4.22. The number of amides is 3. The van der Waals surface area contributed by atoms with Gasteiger partial charge in [-0.2, -0.15) is 0 Å². The van der Waals surface area contributed by atoms with Gasteiger partial charge in [0.05, 0.1) is 25.3 Å². The van der Waals surface area contributed by atoms with Crippen LogP contribution < -0.4 is 10.1 Å². The summed E-state index contributed by atoms with van der Waals surface area (Å²) in [6, 6.07) is 18.3. The summed E-state index contributed by atoms with van der Waals surface area (Å²) in [4.78, 5) is 46.1. The molecule has 0 radical (unpaired) electrons. The van der Waals surface area contributed by atoms with Gasteiger partial charge < -0.3 is 24.6 Å². The van der Waals surface area contributed by atoms with E-state index in [9.17, 15) is 14.4 Å². The largest absolute Gasteiger partial charge is 0.457 e. The Hall–Kier alpha value is -4.24. The van der Waals surface area contributed by atoms with Crippen molar-refractivity contribution < 1.29 is 23.9 Å². The normalized spacial score (nSPS) is 20.6. The van der Waals surface area contributed by atoms with Crippen LogP contribution in [0.3, 0.4) is 0 Å². The monoisotopic (exact) mass is 528 g/mol. The molecule has 2 atom stereocenters. The molecule has 1 fully saturated rings. The van der Waals surface area contributed by atoms with Crippen LogP contribution in [0.5, 0.6) is 11.5 Å². The molecule has 3 heterocycles. The zero-order valence-corrected chi connectivity index (χ0v) is 21.9. The lowest BCUT2D eigenvalue weighted by Gasteiger charge is -2.39. The number of carbonyl (C=O) groups excluding carboxylic acids is 3. The van der Waals surface area contributed by atoms with Crippen LogP contribution in [0, 0.1) is 0 Å². The van der Waals surface area contributed by atoms with Crippen LogP contribution >= 0.6 is 0 Å². The lowest BCUT2D eigenvalue weighted by molar-refractivity contribution is -0.135. The maximum atomic E-state index is 13.1. The number of rotatable bonds is 1. The van der Waals surface area contributed by atoms with Crippen molar-refractivity contribution in [2.45, 2.75) is 38.0 Å². The van der Waals surface area contributed by atoms with Crippen molar-refractivity contribution in [3.05, 3.63) is 89.7 Å². The molecule has 202 valence electrons. The standard InChI is InChI=1S/C30H32N4O5/c1-33-19-28(35)32-26-18-34(30(37)23-10-13-31-14-11-23)15-12-27(26)38-20-22-5-3-7-25(17-22)39-24-6-2-4-21(16-24)8-9-29(33)36/h2-7,10-11,13-14,16-17,26-27H,8-9,12,15,18-20H2,1H3,(H,32,35)/t26-,27+/m1/s1. The zero-order chi connectivity index (χ0) is 27.2. The third-order valence-electron chi connectivity index (χ3n) is 7.04. The number of likely N-dealkylation sites (N-methyl/N-ethyl adjacent to an activating group) is 1. The van der Waals surface area contributed by atoms with Crippen LogP contribution in [-0.2, 0) is 27.4 Å². The highest BCUT2D eigenvalue weighted by Crippen LogP contribution is 2.25. The van der Waals surface area contributed by atoms with Crippen LogP contribution in [-0.4, -0.2) is 71.3 Å². The Morgan fingerprint density at radius 1 is 0.974 bits per heavy atom. The van der Waals surface area contributed by atoms with E-state index in [0.29, 0.717) is 49.6 Å². The van der Waals surface area contributed by atoms with Crippen molar-refractivity contribution in [3.63, 3.8) is 0 Å². The van der Waals surface area contributed by atoms with Crippen molar-refractivity contribution in [3.8, 4) is 11.5 Å². The number of aryl methyl sites for hydroxylation is 1. The molecule has 1 saturated heterocycles. The van der Waals surface area contributed by atoms with Gasteiger partial charge in [0.25, 0.3) is 5.91 Å². The van der Waals surface area contributed by atoms with Gasteiger partial charge in [-0.3, -0.25) is 19.4 Å². The molecule has 0 unspecified atom stereocenters. The molecule has 4 bridgehead atoms. The van der Waals surface area contributed by atoms with Crippen LogP contribution in [0.2, 0.25) is 0 Å². The maximum Gasteiger partial charge on any atom is 0.254 e. The molecule has 9 heteroatoms. The molecule has 0 aliphatic carbocycles. The Labute approximate surface area is 227 Å². The van der Waals surface area contributed by atoms with Crippen molar-refractivity contribution in [2.75, 3.05) is 26.7 Å². The van der Waals surface area contributed by atoms with E-state index in [-0.39, 0.29) is 36.8 Å². The van der Waals surface area contributed by atoms with Crippen LogP contribution in [0.15, 0.2) is 73.1 Å². The Balaban J connectivity index is 1.37. The predicted octanol–water partition coefficient (Wildman–Crippen LogP) is 3.19. The van der Waals surface area contributed by atoms with Gasteiger partial charge in [-0.05, 0) is 60.4 Å². The molecule has 2 aromatic carbocycles. The average Bonchev–Trinajstić information content (AvgIpc) is 2.95. The summed E-state index contributed by atoms with van der Waals surface area (Å²) in [7, 11) is 1.63. The second-order valence-electron chi connectivity index (χ2n) is 9.95. The maximum absolute atomic E-state index is 13.1. The summed E-state index contributed by atoms with van der Waals surface area (Å²) < 4.78 is 12.4. The Kier molecular flexibility index (Phi) is 8.17. The van der Waals surface area contributed by atoms with Crippen molar-refractivity contribution in [2.24, 2.45) is 0 Å². The fourth-order valence-corrected chi connectivity index (χ4v) is 4.93. The minimum Gasteiger partial charge on any atom is -0.457 e. The van der Waals surface area contributed by atoms with Gasteiger partial charge in [0.15, 0.2) is 0 Å². The van der Waals surface area contributed by atoms with Gasteiger partial charge >= 0.3 is 0 Å². The first-order chi connectivity index (χ1) is 18.9. The van der Waals surface area contributed by atoms with E-state index in [1.165, 1.54) is 4.90 Å². The number of benzene rings is 2. The van der Waals surface area contributed by atoms with Gasteiger partial charge in [-0.25, -0.2) is 0 Å². The molecule has 1 N–H and O–H groups in total. The van der Waals surface area contributed by atoms with Gasteiger partial charge in [-0.1, -0.05) is 24.3 Å². The quantitative estimate of drug-likeness (QED) is 0.521.